The summed E-state index contributed by atoms with van der Waals surface area (Å²) < 4.78 is 23.6. The monoisotopic (exact) mass is 364 g/mol. The Morgan fingerprint density at radius 2 is 2.10 bits per heavy atom. The molecule has 0 saturated heterocycles. The maximum Gasteiger partial charge on any atom is 0.293 e. The topological polar surface area (TPSA) is 73.6 Å². The maximum absolute atomic E-state index is 13.4. The summed E-state index contributed by atoms with van der Waals surface area (Å²) in [6.45, 7) is 2.22. The van der Waals surface area contributed by atoms with E-state index in [4.69, 9.17) is 9.47 Å². The van der Waals surface area contributed by atoms with Crippen molar-refractivity contribution in [2.45, 2.75) is 12.8 Å². The quantitative estimate of drug-likeness (QED) is 0.391. The Labute approximate surface area is 130 Å². The molecular formula is C13H18BrFN2O4. The first-order valence-corrected chi connectivity index (χ1v) is 7.29. The molecule has 1 aromatic carbocycles. The second kappa shape index (κ2) is 9.64. The average molecular weight is 365 g/mol. The number of hydrogen-bond donors (Lipinski definition) is 1. The van der Waals surface area contributed by atoms with Crippen LogP contribution in [-0.4, -0.2) is 38.4 Å². The highest BCUT2D eigenvalue weighted by atomic mass is 79.9. The molecule has 118 valence electrons. The SMILES string of the molecule is COCCOCCCCNc1cc(F)c(Br)cc1[N+](=O)[O-]. The van der Waals surface area contributed by atoms with Crippen molar-refractivity contribution in [3.05, 3.63) is 32.5 Å². The minimum absolute atomic E-state index is 0.0753. The summed E-state index contributed by atoms with van der Waals surface area (Å²) >= 11 is 2.94. The maximum atomic E-state index is 13.4. The number of halogens is 2. The van der Waals surface area contributed by atoms with Gasteiger partial charge in [0.25, 0.3) is 5.69 Å². The molecule has 6 nitrogen and oxygen atoms in total. The first kappa shape index (κ1) is 17.8. The van der Waals surface area contributed by atoms with Gasteiger partial charge in [-0.15, -0.1) is 0 Å². The van der Waals surface area contributed by atoms with Crippen LogP contribution in [0.25, 0.3) is 0 Å². The Morgan fingerprint density at radius 1 is 1.33 bits per heavy atom. The van der Waals surface area contributed by atoms with Crippen LogP contribution in [0.1, 0.15) is 12.8 Å². The van der Waals surface area contributed by atoms with Crippen LogP contribution in [0.3, 0.4) is 0 Å². The Bertz CT molecular complexity index is 474. The molecule has 0 amide bonds. The van der Waals surface area contributed by atoms with Gasteiger partial charge in [0.05, 0.1) is 22.6 Å². The Hall–Kier alpha value is -1.25. The summed E-state index contributed by atoms with van der Waals surface area (Å²) in [6.07, 6.45) is 1.57. The van der Waals surface area contributed by atoms with E-state index in [-0.39, 0.29) is 15.8 Å². The zero-order valence-electron chi connectivity index (χ0n) is 11.7. The van der Waals surface area contributed by atoms with Crippen molar-refractivity contribution in [3.8, 4) is 0 Å². The molecule has 21 heavy (non-hydrogen) atoms. The van der Waals surface area contributed by atoms with Gasteiger partial charge in [0.1, 0.15) is 11.5 Å². The number of nitrogens with zero attached hydrogens (tertiary/aromatic N) is 1. The highest BCUT2D eigenvalue weighted by Crippen LogP contribution is 2.30. The summed E-state index contributed by atoms with van der Waals surface area (Å²) in [6, 6.07) is 2.28. The van der Waals surface area contributed by atoms with Crippen LogP contribution in [0.2, 0.25) is 0 Å². The molecule has 0 saturated carbocycles. The molecule has 0 aliphatic carbocycles. The first-order valence-electron chi connectivity index (χ1n) is 6.50. The summed E-state index contributed by atoms with van der Waals surface area (Å²) in [5.41, 5.74) is 0.0284. The zero-order chi connectivity index (χ0) is 15.7. The number of benzene rings is 1. The summed E-state index contributed by atoms with van der Waals surface area (Å²) in [4.78, 5) is 10.4. The normalized spacial score (nSPS) is 10.6. The fourth-order valence-corrected chi connectivity index (χ4v) is 1.96. The molecule has 8 heteroatoms. The molecule has 1 N–H and O–H groups in total. The van der Waals surface area contributed by atoms with E-state index in [1.165, 1.54) is 0 Å². The second-order valence-electron chi connectivity index (χ2n) is 4.28. The molecule has 0 aliphatic rings. The minimum Gasteiger partial charge on any atom is -0.382 e. The molecule has 0 aliphatic heterocycles. The van der Waals surface area contributed by atoms with E-state index in [1.54, 1.807) is 7.11 Å². The molecule has 0 bridgehead atoms. The van der Waals surface area contributed by atoms with Gasteiger partial charge in [0.15, 0.2) is 0 Å². The van der Waals surface area contributed by atoms with Crippen LogP contribution in [0.4, 0.5) is 15.8 Å². The lowest BCUT2D eigenvalue weighted by Gasteiger charge is -2.08. The molecule has 0 aromatic heterocycles. The van der Waals surface area contributed by atoms with E-state index in [9.17, 15) is 14.5 Å². The van der Waals surface area contributed by atoms with Gasteiger partial charge in [0, 0.05) is 32.4 Å². The molecule has 0 radical (unpaired) electrons. The Morgan fingerprint density at radius 3 is 2.76 bits per heavy atom. The lowest BCUT2D eigenvalue weighted by Crippen LogP contribution is -2.07. The van der Waals surface area contributed by atoms with E-state index in [1.807, 2.05) is 0 Å². The van der Waals surface area contributed by atoms with Crippen molar-refractivity contribution < 1.29 is 18.8 Å². The predicted molar refractivity (Wildman–Crippen MR) is 81.2 cm³/mol. The zero-order valence-corrected chi connectivity index (χ0v) is 13.3. The molecule has 0 fully saturated rings. The number of nitrogens with one attached hydrogen (secondary N) is 1. The van der Waals surface area contributed by atoms with Gasteiger partial charge < -0.3 is 14.8 Å². The van der Waals surface area contributed by atoms with Crippen LogP contribution in [-0.2, 0) is 9.47 Å². The molecule has 0 atom stereocenters. The third-order valence-corrected chi connectivity index (χ3v) is 3.31. The van der Waals surface area contributed by atoms with Crippen LogP contribution >= 0.6 is 15.9 Å². The molecule has 0 heterocycles. The lowest BCUT2D eigenvalue weighted by molar-refractivity contribution is -0.384. The predicted octanol–water partition coefficient (Wildman–Crippen LogP) is 3.35. The Balaban J connectivity index is 2.38. The van der Waals surface area contributed by atoms with Crippen LogP contribution in [0.5, 0.6) is 0 Å². The summed E-state index contributed by atoms with van der Waals surface area (Å²) in [5.74, 6) is -0.536. The van der Waals surface area contributed by atoms with Gasteiger partial charge >= 0.3 is 0 Å². The first-order chi connectivity index (χ1) is 10.1. The fraction of sp³-hybridized carbons (Fsp3) is 0.538. The number of hydrogen-bond acceptors (Lipinski definition) is 5. The highest BCUT2D eigenvalue weighted by Gasteiger charge is 2.16. The van der Waals surface area contributed by atoms with Crippen molar-refractivity contribution in [2.24, 2.45) is 0 Å². The number of methoxy groups -OCH3 is 1. The summed E-state index contributed by atoms with van der Waals surface area (Å²) in [5, 5.41) is 13.8. The highest BCUT2D eigenvalue weighted by molar-refractivity contribution is 9.10. The third kappa shape index (κ3) is 6.36. The van der Waals surface area contributed by atoms with Crippen molar-refractivity contribution in [1.82, 2.24) is 0 Å². The third-order valence-electron chi connectivity index (χ3n) is 2.70. The molecule has 0 spiro atoms. The van der Waals surface area contributed by atoms with Gasteiger partial charge in [-0.2, -0.15) is 0 Å². The number of nitro benzene ring substituents is 1. The van der Waals surface area contributed by atoms with E-state index in [0.717, 1.165) is 25.0 Å². The van der Waals surface area contributed by atoms with Crippen LogP contribution in [0.15, 0.2) is 16.6 Å². The van der Waals surface area contributed by atoms with Gasteiger partial charge in [-0.3, -0.25) is 10.1 Å². The summed E-state index contributed by atoms with van der Waals surface area (Å²) in [7, 11) is 1.61. The molecule has 0 unspecified atom stereocenters. The number of rotatable bonds is 10. The molecule has 1 aromatic rings. The van der Waals surface area contributed by atoms with E-state index >= 15 is 0 Å². The largest absolute Gasteiger partial charge is 0.382 e. The number of ether oxygens (including phenoxy) is 2. The van der Waals surface area contributed by atoms with Crippen molar-refractivity contribution >= 4 is 27.3 Å². The molecular weight excluding hydrogens is 347 g/mol. The van der Waals surface area contributed by atoms with Gasteiger partial charge in [-0.25, -0.2) is 4.39 Å². The smallest absolute Gasteiger partial charge is 0.293 e. The minimum atomic E-state index is -0.541. The van der Waals surface area contributed by atoms with Gasteiger partial charge in [0.2, 0.25) is 0 Å². The number of unbranched alkanes of at least 4 members (excludes halogenated alkanes) is 1. The lowest BCUT2D eigenvalue weighted by atomic mass is 10.2. The fourth-order valence-electron chi connectivity index (χ4n) is 1.63. The van der Waals surface area contributed by atoms with Gasteiger partial charge in [-0.1, -0.05) is 0 Å². The standard InChI is InChI=1S/C13H18BrFN2O4/c1-20-6-7-21-5-3-2-4-16-12-9-11(15)10(14)8-13(12)17(18)19/h8-9,16H,2-7H2,1H3. The van der Waals surface area contributed by atoms with E-state index in [2.05, 4.69) is 21.2 Å². The Kier molecular flexibility index (Phi) is 8.17. The second-order valence-corrected chi connectivity index (χ2v) is 5.13. The van der Waals surface area contributed by atoms with Crippen LogP contribution < -0.4 is 5.32 Å². The molecule has 1 rings (SSSR count). The van der Waals surface area contributed by atoms with Gasteiger partial charge in [-0.05, 0) is 28.8 Å². The van der Waals surface area contributed by atoms with Crippen molar-refractivity contribution in [3.63, 3.8) is 0 Å². The number of nitro groups is 1. The van der Waals surface area contributed by atoms with Crippen molar-refractivity contribution in [2.75, 3.05) is 38.8 Å². The number of anilines is 1. The average Bonchev–Trinajstić information content (AvgIpc) is 2.44. The van der Waals surface area contributed by atoms with Crippen molar-refractivity contribution in [1.29, 1.82) is 0 Å². The van der Waals surface area contributed by atoms with E-state index < -0.39 is 10.7 Å². The van der Waals surface area contributed by atoms with E-state index in [0.29, 0.717) is 26.4 Å². The van der Waals surface area contributed by atoms with Crippen LogP contribution in [0, 0.1) is 15.9 Å².